The van der Waals surface area contributed by atoms with E-state index in [1.807, 2.05) is 56.0 Å². The second-order valence-corrected chi connectivity index (χ2v) is 14.1. The fourth-order valence-corrected chi connectivity index (χ4v) is 7.63. The quantitative estimate of drug-likeness (QED) is 0.154. The van der Waals surface area contributed by atoms with Crippen molar-refractivity contribution in [2.45, 2.75) is 50.6 Å². The molecule has 1 amide bonds. The zero-order chi connectivity index (χ0) is 35.2. The molecule has 14 nitrogen and oxygen atoms in total. The van der Waals surface area contributed by atoms with Gasteiger partial charge >= 0.3 is 0 Å². The number of rotatable bonds is 12. The van der Waals surface area contributed by atoms with E-state index in [0.29, 0.717) is 47.5 Å². The molecule has 5 heterocycles. The Morgan fingerprint density at radius 1 is 0.981 bits per heavy atom. The van der Waals surface area contributed by atoms with Gasteiger partial charge in [0.25, 0.3) is 0 Å². The maximum atomic E-state index is 13.7. The van der Waals surface area contributed by atoms with E-state index < -0.39 is 0 Å². The number of hydrogen-bond donors (Lipinski definition) is 3. The Bertz CT molecular complexity index is 2180. The molecule has 3 N–H and O–H groups in total. The first-order valence-corrected chi connectivity index (χ1v) is 17.9. The molecule has 1 saturated heterocycles. The average molecular weight is 695 g/mol. The lowest BCUT2D eigenvalue weighted by atomic mass is 10.1. The zero-order valence-corrected chi connectivity index (χ0v) is 28.7. The molecular weight excluding hydrogens is 656 g/mol. The fourth-order valence-electron chi connectivity index (χ4n) is 7.63. The van der Waals surface area contributed by atoms with Gasteiger partial charge in [0.1, 0.15) is 17.5 Å². The molecule has 0 bridgehead atoms. The van der Waals surface area contributed by atoms with E-state index >= 15 is 0 Å². The van der Waals surface area contributed by atoms with E-state index in [2.05, 4.69) is 64.5 Å². The first kappa shape index (κ1) is 32.0. The molecule has 0 radical (unpaired) electrons. The third kappa shape index (κ3) is 6.51. The first-order valence-electron chi connectivity index (χ1n) is 17.9. The van der Waals surface area contributed by atoms with Gasteiger partial charge in [-0.3, -0.25) is 19.9 Å². The first-order chi connectivity index (χ1) is 25.5. The van der Waals surface area contributed by atoms with Crippen molar-refractivity contribution in [3.63, 3.8) is 0 Å². The van der Waals surface area contributed by atoms with Crippen molar-refractivity contribution in [3.05, 3.63) is 107 Å². The van der Waals surface area contributed by atoms with Crippen LogP contribution in [0.5, 0.6) is 0 Å². The van der Waals surface area contributed by atoms with Crippen LogP contribution in [0.3, 0.4) is 0 Å². The smallest absolute Gasteiger partial charge is 0.239 e. The summed E-state index contributed by atoms with van der Waals surface area (Å²) in [6, 6.07) is 16.3. The van der Waals surface area contributed by atoms with Gasteiger partial charge in [-0.05, 0) is 37.3 Å². The Morgan fingerprint density at radius 2 is 1.87 bits per heavy atom. The molecular formula is C38H38N12O2. The number of fused-ring (bicyclic) bond motifs is 1. The summed E-state index contributed by atoms with van der Waals surface area (Å²) in [4.78, 5) is 27.6. The number of benzene rings is 1. The van der Waals surface area contributed by atoms with Crippen molar-refractivity contribution in [2.24, 2.45) is 24.8 Å². The van der Waals surface area contributed by atoms with Gasteiger partial charge in [0.15, 0.2) is 0 Å². The number of hydrogen-bond acceptors (Lipinski definition) is 12. The van der Waals surface area contributed by atoms with Crippen LogP contribution in [0, 0.1) is 29.1 Å². The minimum atomic E-state index is -0.144. The minimum absolute atomic E-state index is 0.0489. The lowest BCUT2D eigenvalue weighted by Crippen LogP contribution is -2.32. The summed E-state index contributed by atoms with van der Waals surface area (Å²) >= 11 is 0. The molecule has 2 unspecified atom stereocenters. The molecule has 2 saturated carbocycles. The van der Waals surface area contributed by atoms with Crippen LogP contribution in [-0.4, -0.2) is 58.9 Å². The number of carbonyl (C=O) groups is 1. The average Bonchev–Trinajstić information content (AvgIpc) is 4.13. The zero-order valence-electron chi connectivity index (χ0n) is 28.7. The van der Waals surface area contributed by atoms with Crippen molar-refractivity contribution in [3.8, 4) is 17.2 Å². The van der Waals surface area contributed by atoms with Gasteiger partial charge in [0, 0.05) is 79.6 Å². The number of hydrazine groups is 1. The van der Waals surface area contributed by atoms with Crippen molar-refractivity contribution in [2.75, 3.05) is 23.8 Å². The lowest BCUT2D eigenvalue weighted by molar-refractivity contribution is -0.122. The Morgan fingerprint density at radius 3 is 2.63 bits per heavy atom. The summed E-state index contributed by atoms with van der Waals surface area (Å²) in [5.41, 5.74) is 10.7. The molecule has 262 valence electrons. The molecule has 5 aromatic rings. The van der Waals surface area contributed by atoms with Crippen LogP contribution in [0.15, 0.2) is 82.8 Å². The number of allylic oxidation sites excluding steroid dienone is 1. The van der Waals surface area contributed by atoms with Crippen LogP contribution in [0.2, 0.25) is 0 Å². The van der Waals surface area contributed by atoms with E-state index in [9.17, 15) is 10.1 Å². The summed E-state index contributed by atoms with van der Waals surface area (Å²) < 4.78 is 7.53. The molecule has 1 aromatic carbocycles. The van der Waals surface area contributed by atoms with Gasteiger partial charge in [0.05, 0.1) is 24.9 Å². The fraction of sp³-hybridized carbons (Fsp3) is 0.368. The summed E-state index contributed by atoms with van der Waals surface area (Å²) in [7, 11) is 1.90. The number of nitrogens with one attached hydrogen (secondary N) is 3. The standard InChI is InChI=1S/C38H38N12O2/c1-49-21-26(19-44-49)24-9-10-29(40-17-24)32-33(34(32)36(51)42-16-22-5-3-2-4-6-22)31-27-11-13-50(14-12-28(27)31)48-38-43-18-25(15-39)35(45-38)41-20-30-46-47-37(52-30)23-7-8-23/h2-6,9-10,17-19,21,23,27,32-34H,7-8,11-14,16,20H2,1H3,(H,42,51)(H2,41,43,45,48)/t27-,32?,33+,34?/m0/s1. The number of pyridine rings is 1. The van der Waals surface area contributed by atoms with Gasteiger partial charge in [-0.15, -0.1) is 10.2 Å². The van der Waals surface area contributed by atoms with E-state index in [-0.39, 0.29) is 30.2 Å². The summed E-state index contributed by atoms with van der Waals surface area (Å²) in [5.74, 6) is 2.85. The molecule has 52 heavy (non-hydrogen) atoms. The normalized spacial score (nSPS) is 22.2. The number of aromatic nitrogens is 7. The van der Waals surface area contributed by atoms with Gasteiger partial charge in [0.2, 0.25) is 23.6 Å². The number of anilines is 2. The maximum absolute atomic E-state index is 13.7. The Kier molecular flexibility index (Phi) is 8.19. The summed E-state index contributed by atoms with van der Waals surface area (Å²) in [5, 5.41) is 30.7. The van der Waals surface area contributed by atoms with Crippen LogP contribution in [0.25, 0.3) is 11.1 Å². The Balaban J connectivity index is 0.869. The van der Waals surface area contributed by atoms with Crippen LogP contribution < -0.4 is 16.1 Å². The second kappa shape index (κ2) is 13.3. The third-order valence-corrected chi connectivity index (χ3v) is 10.6. The predicted molar refractivity (Wildman–Crippen MR) is 190 cm³/mol. The van der Waals surface area contributed by atoms with Crippen LogP contribution >= 0.6 is 0 Å². The number of carbonyl (C=O) groups excluding carboxylic acids is 1. The molecule has 3 fully saturated rings. The predicted octanol–water partition coefficient (Wildman–Crippen LogP) is 4.71. The monoisotopic (exact) mass is 694 g/mol. The van der Waals surface area contributed by atoms with Crippen molar-refractivity contribution in [1.82, 2.24) is 45.3 Å². The summed E-state index contributed by atoms with van der Waals surface area (Å²) in [6.45, 7) is 2.33. The number of aryl methyl sites for hydroxylation is 1. The summed E-state index contributed by atoms with van der Waals surface area (Å²) in [6.07, 6.45) is 11.2. The number of nitrogens with zero attached hydrogens (tertiary/aromatic N) is 9. The molecule has 9 rings (SSSR count). The van der Waals surface area contributed by atoms with Gasteiger partial charge in [-0.2, -0.15) is 15.3 Å². The van der Waals surface area contributed by atoms with Crippen molar-refractivity contribution >= 4 is 17.7 Å². The van der Waals surface area contributed by atoms with E-state index in [4.69, 9.17) is 9.40 Å². The van der Waals surface area contributed by atoms with E-state index in [1.54, 1.807) is 4.68 Å². The highest BCUT2D eigenvalue weighted by molar-refractivity contribution is 5.85. The second-order valence-electron chi connectivity index (χ2n) is 14.1. The Labute approximate surface area is 300 Å². The SMILES string of the molecule is Cn1cc(-c2ccc(C3C(C(=O)NCc4ccccc4)[C@@H]3C3=C4CCN(Nc5ncc(C#N)c(NCc6nnc(C7CC7)o6)n5)CC[C@@H]43)nc2)cn1. The van der Waals surface area contributed by atoms with Crippen LogP contribution in [0.1, 0.15) is 66.1 Å². The highest BCUT2D eigenvalue weighted by atomic mass is 16.4. The molecule has 0 spiro atoms. The minimum Gasteiger partial charge on any atom is -0.423 e. The van der Waals surface area contributed by atoms with E-state index in [0.717, 1.165) is 61.2 Å². The van der Waals surface area contributed by atoms with Crippen LogP contribution in [0.4, 0.5) is 11.8 Å². The molecule has 3 aliphatic carbocycles. The Hall–Kier alpha value is -5.94. The van der Waals surface area contributed by atoms with Gasteiger partial charge < -0.3 is 15.1 Å². The molecule has 14 heteroatoms. The highest BCUT2D eigenvalue weighted by Gasteiger charge is 2.62. The van der Waals surface area contributed by atoms with Gasteiger partial charge in [-0.1, -0.05) is 47.5 Å². The molecule has 1 aliphatic heterocycles. The maximum Gasteiger partial charge on any atom is 0.239 e. The number of nitriles is 1. The lowest BCUT2D eigenvalue weighted by Gasteiger charge is -2.21. The third-order valence-electron chi connectivity index (χ3n) is 10.6. The van der Waals surface area contributed by atoms with E-state index in [1.165, 1.54) is 17.3 Å². The largest absolute Gasteiger partial charge is 0.423 e. The van der Waals surface area contributed by atoms with Crippen molar-refractivity contribution < 1.29 is 9.21 Å². The van der Waals surface area contributed by atoms with Crippen molar-refractivity contribution in [1.29, 1.82) is 5.26 Å². The molecule has 4 atom stereocenters. The van der Waals surface area contributed by atoms with Gasteiger partial charge in [-0.25, -0.2) is 9.99 Å². The molecule has 4 aliphatic rings. The number of amides is 1. The van der Waals surface area contributed by atoms with Crippen LogP contribution in [-0.2, 0) is 24.9 Å². The molecule has 4 aromatic heterocycles. The highest BCUT2D eigenvalue weighted by Crippen LogP contribution is 2.66. The topological polar surface area (TPSA) is 176 Å².